The quantitative estimate of drug-likeness (QED) is 0.536. The molecular formula is C19H17N2O2+. The first-order valence-electron chi connectivity index (χ1n) is 7.38. The smallest absolute Gasteiger partial charge is 0.392 e. The first kappa shape index (κ1) is 14.9. The number of hydrogen-bond donors (Lipinski definition) is 0. The van der Waals surface area contributed by atoms with Crippen LogP contribution in [0.2, 0.25) is 0 Å². The monoisotopic (exact) mass is 305 g/mol. The SMILES string of the molecule is Cc1cccc(Oc2cncc[n+]2CC(=O)c2ccccc2)c1. The Kier molecular flexibility index (Phi) is 4.43. The van der Waals surface area contributed by atoms with E-state index < -0.39 is 0 Å². The summed E-state index contributed by atoms with van der Waals surface area (Å²) in [7, 11) is 0. The standard InChI is InChI=1S/C19H17N2O2/c1-15-6-5-9-17(12-15)23-19-13-20-10-11-21(19)14-18(22)16-7-3-2-4-8-16/h2-13H,14H2,1H3/q+1. The van der Waals surface area contributed by atoms with Gasteiger partial charge in [-0.1, -0.05) is 42.5 Å². The molecule has 0 spiro atoms. The van der Waals surface area contributed by atoms with Gasteiger partial charge in [-0.05, 0) is 24.6 Å². The van der Waals surface area contributed by atoms with Crippen molar-refractivity contribution in [3.8, 4) is 11.6 Å². The molecule has 4 heteroatoms. The number of hydrogen-bond acceptors (Lipinski definition) is 3. The molecule has 1 aromatic heterocycles. The second kappa shape index (κ2) is 6.83. The third kappa shape index (κ3) is 3.80. The molecule has 0 bridgehead atoms. The molecule has 3 aromatic rings. The summed E-state index contributed by atoms with van der Waals surface area (Å²) in [6.45, 7) is 2.21. The van der Waals surface area contributed by atoms with E-state index in [1.807, 2.05) is 61.5 Å². The first-order valence-corrected chi connectivity index (χ1v) is 7.38. The summed E-state index contributed by atoms with van der Waals surface area (Å²) >= 11 is 0. The van der Waals surface area contributed by atoms with Crippen LogP contribution in [-0.4, -0.2) is 10.8 Å². The summed E-state index contributed by atoms with van der Waals surface area (Å²) in [5.41, 5.74) is 1.79. The zero-order chi connectivity index (χ0) is 16.1. The third-order valence-electron chi connectivity index (χ3n) is 3.42. The van der Waals surface area contributed by atoms with Crippen LogP contribution >= 0.6 is 0 Å². The van der Waals surface area contributed by atoms with Crippen LogP contribution in [0.25, 0.3) is 0 Å². The second-order valence-electron chi connectivity index (χ2n) is 5.25. The van der Waals surface area contributed by atoms with Crippen molar-refractivity contribution in [1.29, 1.82) is 0 Å². The molecule has 23 heavy (non-hydrogen) atoms. The summed E-state index contributed by atoms with van der Waals surface area (Å²) in [5, 5.41) is 0. The molecule has 0 aliphatic carbocycles. The van der Waals surface area contributed by atoms with Gasteiger partial charge in [0, 0.05) is 5.56 Å². The van der Waals surface area contributed by atoms with Crippen molar-refractivity contribution < 1.29 is 14.1 Å². The van der Waals surface area contributed by atoms with Gasteiger partial charge >= 0.3 is 5.88 Å². The van der Waals surface area contributed by atoms with Crippen molar-refractivity contribution in [3.05, 3.63) is 84.3 Å². The molecule has 0 fully saturated rings. The lowest BCUT2D eigenvalue weighted by Crippen LogP contribution is -2.39. The Morgan fingerprint density at radius 1 is 1.13 bits per heavy atom. The Labute approximate surface area is 135 Å². The molecule has 0 unspecified atom stereocenters. The first-order chi connectivity index (χ1) is 11.2. The van der Waals surface area contributed by atoms with Gasteiger partial charge in [-0.2, -0.15) is 4.57 Å². The highest BCUT2D eigenvalue weighted by molar-refractivity contribution is 5.94. The normalized spacial score (nSPS) is 10.3. The molecular weight excluding hydrogens is 288 g/mol. The molecule has 2 aromatic carbocycles. The zero-order valence-corrected chi connectivity index (χ0v) is 12.8. The molecule has 0 aliphatic rings. The third-order valence-corrected chi connectivity index (χ3v) is 3.42. The molecule has 0 aliphatic heterocycles. The van der Waals surface area contributed by atoms with Gasteiger partial charge in [-0.3, -0.25) is 4.79 Å². The fourth-order valence-corrected chi connectivity index (χ4v) is 2.26. The average molecular weight is 305 g/mol. The molecule has 114 valence electrons. The van der Waals surface area contributed by atoms with Gasteiger partial charge in [0.15, 0.2) is 6.20 Å². The molecule has 0 N–H and O–H groups in total. The number of ether oxygens (including phenoxy) is 1. The highest BCUT2D eigenvalue weighted by Crippen LogP contribution is 2.18. The van der Waals surface area contributed by atoms with E-state index in [1.165, 1.54) is 0 Å². The van der Waals surface area contributed by atoms with Crippen molar-refractivity contribution in [1.82, 2.24) is 4.98 Å². The summed E-state index contributed by atoms with van der Waals surface area (Å²) in [4.78, 5) is 16.5. The van der Waals surface area contributed by atoms with Crippen LogP contribution in [0.4, 0.5) is 0 Å². The van der Waals surface area contributed by atoms with E-state index in [1.54, 1.807) is 23.2 Å². The predicted molar refractivity (Wildman–Crippen MR) is 86.5 cm³/mol. The lowest BCUT2D eigenvalue weighted by molar-refractivity contribution is -0.687. The van der Waals surface area contributed by atoms with E-state index in [-0.39, 0.29) is 12.3 Å². The lowest BCUT2D eigenvalue weighted by atomic mass is 10.1. The number of benzene rings is 2. The number of carbonyl (C=O) groups excluding carboxylic acids is 1. The number of carbonyl (C=O) groups is 1. The second-order valence-corrected chi connectivity index (χ2v) is 5.25. The fraction of sp³-hybridized carbons (Fsp3) is 0.105. The summed E-state index contributed by atoms with van der Waals surface area (Å²) in [6, 6.07) is 17.0. The van der Waals surface area contributed by atoms with Crippen LogP contribution in [0, 0.1) is 6.92 Å². The summed E-state index contributed by atoms with van der Waals surface area (Å²) in [5.74, 6) is 1.28. The van der Waals surface area contributed by atoms with Crippen molar-refractivity contribution in [2.75, 3.05) is 0 Å². The largest absolute Gasteiger partial charge is 0.404 e. The van der Waals surface area contributed by atoms with Crippen molar-refractivity contribution in [3.63, 3.8) is 0 Å². The predicted octanol–water partition coefficient (Wildman–Crippen LogP) is 3.35. The van der Waals surface area contributed by atoms with E-state index in [0.29, 0.717) is 11.4 Å². The van der Waals surface area contributed by atoms with Gasteiger partial charge in [0.1, 0.15) is 11.9 Å². The van der Waals surface area contributed by atoms with E-state index in [9.17, 15) is 4.79 Å². The molecule has 1 heterocycles. The molecule has 0 radical (unpaired) electrons. The number of Topliss-reactive ketones (excluding diaryl/α,β-unsaturated/α-hetero) is 1. The van der Waals surface area contributed by atoms with E-state index in [2.05, 4.69) is 4.98 Å². The van der Waals surface area contributed by atoms with Crippen LogP contribution in [0.3, 0.4) is 0 Å². The van der Waals surface area contributed by atoms with E-state index >= 15 is 0 Å². The molecule has 4 nitrogen and oxygen atoms in total. The van der Waals surface area contributed by atoms with Gasteiger partial charge in [0.05, 0.1) is 6.20 Å². The van der Waals surface area contributed by atoms with Crippen LogP contribution in [-0.2, 0) is 6.54 Å². The Balaban J connectivity index is 1.82. The van der Waals surface area contributed by atoms with E-state index in [4.69, 9.17) is 4.74 Å². The van der Waals surface area contributed by atoms with Crippen molar-refractivity contribution in [2.24, 2.45) is 0 Å². The maximum absolute atomic E-state index is 12.4. The maximum atomic E-state index is 12.4. The number of nitrogens with zero attached hydrogens (tertiary/aromatic N) is 2. The number of rotatable bonds is 5. The van der Waals surface area contributed by atoms with Gasteiger partial charge in [0.2, 0.25) is 12.3 Å². The van der Waals surface area contributed by atoms with Gasteiger partial charge in [0.25, 0.3) is 0 Å². The highest BCUT2D eigenvalue weighted by atomic mass is 16.5. The molecule has 0 saturated carbocycles. The number of aryl methyl sites for hydroxylation is 1. The number of aromatic nitrogens is 2. The van der Waals surface area contributed by atoms with Gasteiger partial charge in [-0.25, -0.2) is 4.98 Å². The lowest BCUT2D eigenvalue weighted by Gasteiger charge is -2.05. The topological polar surface area (TPSA) is 43.1 Å². The Morgan fingerprint density at radius 2 is 1.96 bits per heavy atom. The summed E-state index contributed by atoms with van der Waals surface area (Å²) < 4.78 is 7.63. The van der Waals surface area contributed by atoms with E-state index in [0.717, 1.165) is 11.3 Å². The fourth-order valence-electron chi connectivity index (χ4n) is 2.26. The average Bonchev–Trinajstić information content (AvgIpc) is 2.57. The minimum Gasteiger partial charge on any atom is -0.404 e. The Bertz CT molecular complexity index is 816. The Hall–Kier alpha value is -3.01. The Morgan fingerprint density at radius 3 is 2.74 bits per heavy atom. The maximum Gasteiger partial charge on any atom is 0.392 e. The molecule has 0 amide bonds. The molecule has 0 atom stereocenters. The highest BCUT2D eigenvalue weighted by Gasteiger charge is 2.18. The van der Waals surface area contributed by atoms with Gasteiger partial charge < -0.3 is 4.74 Å². The van der Waals surface area contributed by atoms with Gasteiger partial charge in [-0.15, -0.1) is 0 Å². The van der Waals surface area contributed by atoms with Crippen molar-refractivity contribution in [2.45, 2.75) is 13.5 Å². The van der Waals surface area contributed by atoms with Crippen LogP contribution in [0.5, 0.6) is 11.6 Å². The van der Waals surface area contributed by atoms with Crippen molar-refractivity contribution >= 4 is 5.78 Å². The van der Waals surface area contributed by atoms with Crippen LogP contribution in [0.1, 0.15) is 15.9 Å². The minimum absolute atomic E-state index is 0.0240. The minimum atomic E-state index is 0.0240. The number of ketones is 1. The zero-order valence-electron chi connectivity index (χ0n) is 12.8. The van der Waals surface area contributed by atoms with Crippen LogP contribution in [0.15, 0.2) is 73.2 Å². The molecule has 3 rings (SSSR count). The summed E-state index contributed by atoms with van der Waals surface area (Å²) in [6.07, 6.45) is 4.99. The molecule has 0 saturated heterocycles. The van der Waals surface area contributed by atoms with Crippen LogP contribution < -0.4 is 9.30 Å².